The molecule has 0 N–H and O–H groups in total. The molecule has 0 heterocycles. The van der Waals surface area contributed by atoms with Gasteiger partial charge < -0.3 is 0 Å². The Balaban J connectivity index is 1.95. The predicted molar refractivity (Wildman–Crippen MR) is 73.3 cm³/mol. The molecule has 1 aromatic rings. The normalized spacial score (nSPS) is 18.9. The first-order valence-corrected chi connectivity index (χ1v) is 6.98. The van der Waals surface area contributed by atoms with E-state index in [9.17, 15) is 4.79 Å². The third-order valence-electron chi connectivity index (χ3n) is 3.24. The van der Waals surface area contributed by atoms with Crippen LogP contribution in [0.15, 0.2) is 46.9 Å². The van der Waals surface area contributed by atoms with E-state index < -0.39 is 0 Å². The van der Waals surface area contributed by atoms with Crippen molar-refractivity contribution in [2.75, 3.05) is 5.75 Å². The first kappa shape index (κ1) is 12.4. The lowest BCUT2D eigenvalue weighted by Crippen LogP contribution is -2.26. The molecule has 0 saturated heterocycles. The van der Waals surface area contributed by atoms with Gasteiger partial charge in [-0.05, 0) is 31.1 Å². The molecule has 0 aromatic heterocycles. The number of allylic oxidation sites excluding steroid dienone is 1. The van der Waals surface area contributed by atoms with Crippen LogP contribution in [0.25, 0.3) is 0 Å². The van der Waals surface area contributed by atoms with Gasteiger partial charge in [-0.15, -0.1) is 11.8 Å². The predicted octanol–water partition coefficient (Wildman–Crippen LogP) is 4.09. The fourth-order valence-electron chi connectivity index (χ4n) is 1.86. The molecule has 17 heavy (non-hydrogen) atoms. The van der Waals surface area contributed by atoms with Crippen LogP contribution in [0.4, 0.5) is 0 Å². The minimum atomic E-state index is -0.152. The van der Waals surface area contributed by atoms with Crippen molar-refractivity contribution in [1.29, 1.82) is 0 Å². The molecule has 1 aliphatic carbocycles. The van der Waals surface area contributed by atoms with Crippen molar-refractivity contribution in [2.45, 2.75) is 31.6 Å². The Morgan fingerprint density at radius 1 is 1.24 bits per heavy atom. The number of carbonyl (C=O) groups is 1. The Bertz CT molecular complexity index is 431. The van der Waals surface area contributed by atoms with Crippen LogP contribution in [0.3, 0.4) is 0 Å². The smallest absolute Gasteiger partial charge is 0.161 e. The number of rotatable bonds is 3. The second kappa shape index (κ2) is 5.09. The van der Waals surface area contributed by atoms with Crippen LogP contribution in [0.2, 0.25) is 0 Å². The van der Waals surface area contributed by atoms with Crippen molar-refractivity contribution >= 4 is 17.5 Å². The monoisotopic (exact) mass is 246 g/mol. The summed E-state index contributed by atoms with van der Waals surface area (Å²) in [5.74, 6) is 1.22. The zero-order chi connectivity index (χ0) is 12.3. The third kappa shape index (κ3) is 3.22. The van der Waals surface area contributed by atoms with Gasteiger partial charge in [0.25, 0.3) is 0 Å². The molecule has 0 amide bonds. The Labute approximate surface area is 107 Å². The summed E-state index contributed by atoms with van der Waals surface area (Å²) in [5, 5.41) is 0. The van der Waals surface area contributed by atoms with Gasteiger partial charge in [0.15, 0.2) is 5.78 Å². The zero-order valence-electron chi connectivity index (χ0n) is 10.4. The van der Waals surface area contributed by atoms with E-state index >= 15 is 0 Å². The summed E-state index contributed by atoms with van der Waals surface area (Å²) in [6, 6.07) is 10.3. The van der Waals surface area contributed by atoms with Gasteiger partial charge in [-0.2, -0.15) is 0 Å². The van der Waals surface area contributed by atoms with E-state index in [1.54, 1.807) is 0 Å². The molecule has 0 spiro atoms. The van der Waals surface area contributed by atoms with Gasteiger partial charge in [0.05, 0.1) is 0 Å². The van der Waals surface area contributed by atoms with Crippen molar-refractivity contribution in [3.05, 3.63) is 42.0 Å². The fraction of sp³-hybridized carbons (Fsp3) is 0.400. The lowest BCUT2D eigenvalue weighted by Gasteiger charge is -2.26. The maximum Gasteiger partial charge on any atom is 0.161 e. The van der Waals surface area contributed by atoms with Crippen molar-refractivity contribution < 1.29 is 4.79 Å². The molecule has 0 unspecified atom stereocenters. The number of carbonyl (C=O) groups excluding carboxylic acids is 1. The molecule has 0 saturated carbocycles. The van der Waals surface area contributed by atoms with E-state index in [0.29, 0.717) is 0 Å². The highest BCUT2D eigenvalue weighted by atomic mass is 32.2. The molecule has 2 rings (SSSR count). The van der Waals surface area contributed by atoms with Gasteiger partial charge >= 0.3 is 0 Å². The molecule has 0 aliphatic heterocycles. The van der Waals surface area contributed by atoms with Crippen LogP contribution in [0.5, 0.6) is 0 Å². The summed E-state index contributed by atoms with van der Waals surface area (Å²) in [5.41, 5.74) is 1.13. The standard InChI is InChI=1S/C15H18OS/c1-15(2)9-8-12(10-14(15)16)11-17-13-6-4-3-5-7-13/h3-7,10H,8-9,11H2,1-2H3. The van der Waals surface area contributed by atoms with Crippen LogP contribution in [-0.4, -0.2) is 11.5 Å². The zero-order valence-corrected chi connectivity index (χ0v) is 11.2. The van der Waals surface area contributed by atoms with Gasteiger partial charge in [0.2, 0.25) is 0 Å². The van der Waals surface area contributed by atoms with E-state index in [-0.39, 0.29) is 11.2 Å². The van der Waals surface area contributed by atoms with Crippen LogP contribution in [0.1, 0.15) is 26.7 Å². The molecule has 0 atom stereocenters. The van der Waals surface area contributed by atoms with Crippen molar-refractivity contribution in [2.24, 2.45) is 5.41 Å². The lowest BCUT2D eigenvalue weighted by molar-refractivity contribution is -0.123. The summed E-state index contributed by atoms with van der Waals surface area (Å²) >= 11 is 1.81. The molecule has 0 radical (unpaired) electrons. The maximum atomic E-state index is 11.9. The first-order chi connectivity index (χ1) is 8.08. The molecule has 90 valence electrons. The topological polar surface area (TPSA) is 17.1 Å². The summed E-state index contributed by atoms with van der Waals surface area (Å²) in [6.45, 7) is 4.07. The summed E-state index contributed by atoms with van der Waals surface area (Å²) in [7, 11) is 0. The van der Waals surface area contributed by atoms with Crippen molar-refractivity contribution in [3.8, 4) is 0 Å². The number of hydrogen-bond donors (Lipinski definition) is 0. The largest absolute Gasteiger partial charge is 0.294 e. The Hall–Kier alpha value is -1.02. The third-order valence-corrected chi connectivity index (χ3v) is 4.36. The van der Waals surface area contributed by atoms with E-state index in [1.165, 1.54) is 10.5 Å². The van der Waals surface area contributed by atoms with Gasteiger partial charge in [-0.3, -0.25) is 4.79 Å². The average Bonchev–Trinajstić information content (AvgIpc) is 2.32. The number of hydrogen-bond acceptors (Lipinski definition) is 2. The van der Waals surface area contributed by atoms with Gasteiger partial charge in [0.1, 0.15) is 0 Å². The van der Waals surface area contributed by atoms with Gasteiger partial charge in [0, 0.05) is 16.1 Å². The van der Waals surface area contributed by atoms with Crippen LogP contribution in [-0.2, 0) is 4.79 Å². The number of benzene rings is 1. The first-order valence-electron chi connectivity index (χ1n) is 6.00. The molecule has 1 aliphatic rings. The quantitative estimate of drug-likeness (QED) is 0.747. The molecular formula is C15H18OS. The summed E-state index contributed by atoms with van der Waals surface area (Å²) in [4.78, 5) is 13.1. The van der Waals surface area contributed by atoms with Gasteiger partial charge in [-0.25, -0.2) is 0 Å². The van der Waals surface area contributed by atoms with Gasteiger partial charge in [-0.1, -0.05) is 37.6 Å². The van der Waals surface area contributed by atoms with E-state index in [0.717, 1.165) is 18.6 Å². The minimum Gasteiger partial charge on any atom is -0.294 e. The highest BCUT2D eigenvalue weighted by Crippen LogP contribution is 2.33. The van der Waals surface area contributed by atoms with Crippen LogP contribution >= 0.6 is 11.8 Å². The van der Waals surface area contributed by atoms with E-state index in [1.807, 2.05) is 49.9 Å². The summed E-state index contributed by atoms with van der Waals surface area (Å²) < 4.78 is 0. The molecule has 2 heteroatoms. The number of ketones is 1. The van der Waals surface area contributed by atoms with E-state index in [4.69, 9.17) is 0 Å². The van der Waals surface area contributed by atoms with Crippen molar-refractivity contribution in [3.63, 3.8) is 0 Å². The molecule has 0 fully saturated rings. The second-order valence-corrected chi connectivity index (χ2v) is 6.20. The molecular weight excluding hydrogens is 228 g/mol. The molecule has 1 aromatic carbocycles. The highest BCUT2D eigenvalue weighted by molar-refractivity contribution is 7.99. The Morgan fingerprint density at radius 3 is 2.59 bits per heavy atom. The Morgan fingerprint density at radius 2 is 1.94 bits per heavy atom. The Kier molecular flexibility index (Phi) is 3.72. The van der Waals surface area contributed by atoms with E-state index in [2.05, 4.69) is 12.1 Å². The molecule has 1 nitrogen and oxygen atoms in total. The SMILES string of the molecule is CC1(C)CCC(CSc2ccccc2)=CC1=O. The van der Waals surface area contributed by atoms with Crippen LogP contribution in [0, 0.1) is 5.41 Å². The van der Waals surface area contributed by atoms with Crippen LogP contribution < -0.4 is 0 Å². The van der Waals surface area contributed by atoms with Crippen molar-refractivity contribution in [1.82, 2.24) is 0 Å². The summed E-state index contributed by atoms with van der Waals surface area (Å²) in [6.07, 6.45) is 3.89. The number of thioether (sulfide) groups is 1. The second-order valence-electron chi connectivity index (χ2n) is 5.15. The maximum absolute atomic E-state index is 11.9. The average molecular weight is 246 g/mol. The minimum absolute atomic E-state index is 0.152. The molecule has 0 bridgehead atoms. The lowest BCUT2D eigenvalue weighted by atomic mass is 9.77. The highest BCUT2D eigenvalue weighted by Gasteiger charge is 2.29. The fourth-order valence-corrected chi connectivity index (χ4v) is 2.79.